The van der Waals surface area contributed by atoms with Gasteiger partial charge >= 0.3 is 0 Å². The summed E-state index contributed by atoms with van der Waals surface area (Å²) in [6.07, 6.45) is 4.37. The smallest absolute Gasteiger partial charge is 0.212 e. The van der Waals surface area contributed by atoms with Crippen molar-refractivity contribution >= 4 is 11.6 Å². The lowest BCUT2D eigenvalue weighted by Gasteiger charge is -2.29. The third kappa shape index (κ3) is 4.88. The summed E-state index contributed by atoms with van der Waals surface area (Å²) in [5, 5.41) is 0. The second kappa shape index (κ2) is 7.96. The average molecular weight is 352 g/mol. The minimum atomic E-state index is -0.0795. The predicted octanol–water partition coefficient (Wildman–Crippen LogP) is 3.27. The SMILES string of the molecule is CC(C)(C)CN1CCCN(c2cccc(C(=O)c3cccnc3)n2)CC1. The average Bonchev–Trinajstić information content (AvgIpc) is 2.86. The fourth-order valence-corrected chi connectivity index (χ4v) is 3.40. The lowest BCUT2D eigenvalue weighted by Crippen LogP contribution is -2.36. The number of pyridine rings is 2. The van der Waals surface area contributed by atoms with Gasteiger partial charge in [0.2, 0.25) is 5.78 Å². The van der Waals surface area contributed by atoms with Crippen LogP contribution in [0, 0.1) is 5.41 Å². The van der Waals surface area contributed by atoms with Crippen LogP contribution in [0.15, 0.2) is 42.7 Å². The van der Waals surface area contributed by atoms with Gasteiger partial charge in [0.05, 0.1) is 0 Å². The molecule has 0 amide bonds. The van der Waals surface area contributed by atoms with Crippen LogP contribution in [0.3, 0.4) is 0 Å². The number of anilines is 1. The summed E-state index contributed by atoms with van der Waals surface area (Å²) in [4.78, 5) is 26.1. The topological polar surface area (TPSA) is 49.3 Å². The normalized spacial score (nSPS) is 16.3. The number of aromatic nitrogens is 2. The van der Waals surface area contributed by atoms with Crippen molar-refractivity contribution in [3.63, 3.8) is 0 Å². The van der Waals surface area contributed by atoms with Gasteiger partial charge in [-0.15, -0.1) is 0 Å². The molecule has 0 unspecified atom stereocenters. The molecule has 0 radical (unpaired) electrons. The van der Waals surface area contributed by atoms with E-state index in [9.17, 15) is 4.79 Å². The molecule has 3 rings (SSSR count). The van der Waals surface area contributed by atoms with Gasteiger partial charge < -0.3 is 9.80 Å². The van der Waals surface area contributed by atoms with Gasteiger partial charge in [0.15, 0.2) is 0 Å². The van der Waals surface area contributed by atoms with E-state index in [0.717, 1.165) is 45.0 Å². The van der Waals surface area contributed by atoms with E-state index >= 15 is 0 Å². The highest BCUT2D eigenvalue weighted by atomic mass is 16.1. The van der Waals surface area contributed by atoms with Gasteiger partial charge in [-0.25, -0.2) is 4.98 Å². The quantitative estimate of drug-likeness (QED) is 0.791. The van der Waals surface area contributed by atoms with Crippen LogP contribution in [-0.2, 0) is 0 Å². The van der Waals surface area contributed by atoms with Gasteiger partial charge in [0, 0.05) is 44.1 Å². The molecule has 0 spiro atoms. The Kier molecular flexibility index (Phi) is 5.67. The first kappa shape index (κ1) is 18.5. The maximum Gasteiger partial charge on any atom is 0.212 e. The highest BCUT2D eigenvalue weighted by molar-refractivity contribution is 6.07. The number of carbonyl (C=O) groups is 1. The molecule has 1 fully saturated rings. The highest BCUT2D eigenvalue weighted by Gasteiger charge is 2.21. The summed E-state index contributed by atoms with van der Waals surface area (Å²) in [5.41, 5.74) is 1.36. The van der Waals surface area contributed by atoms with Crippen molar-refractivity contribution in [1.29, 1.82) is 0 Å². The molecule has 5 heteroatoms. The lowest BCUT2D eigenvalue weighted by molar-refractivity contribution is 0.103. The van der Waals surface area contributed by atoms with Gasteiger partial charge in [-0.1, -0.05) is 26.8 Å². The zero-order chi connectivity index (χ0) is 18.6. The molecular formula is C21H28N4O. The number of carbonyl (C=O) groups excluding carboxylic acids is 1. The van der Waals surface area contributed by atoms with Crippen LogP contribution in [0.2, 0.25) is 0 Å². The first-order valence-electron chi connectivity index (χ1n) is 9.31. The standard InChI is InChI=1S/C21H28N4O/c1-21(2,3)16-24-11-6-12-25(14-13-24)19-9-4-8-18(23-19)20(26)17-7-5-10-22-15-17/h4-5,7-10,15H,6,11-14,16H2,1-3H3. The third-order valence-corrected chi connectivity index (χ3v) is 4.50. The molecule has 26 heavy (non-hydrogen) atoms. The van der Waals surface area contributed by atoms with E-state index in [0.29, 0.717) is 16.7 Å². The summed E-state index contributed by atoms with van der Waals surface area (Å²) in [7, 11) is 0. The minimum Gasteiger partial charge on any atom is -0.355 e. The minimum absolute atomic E-state index is 0.0795. The summed E-state index contributed by atoms with van der Waals surface area (Å²) in [6, 6.07) is 9.25. The van der Waals surface area contributed by atoms with Crippen LogP contribution >= 0.6 is 0 Å². The molecule has 138 valence electrons. The molecule has 1 saturated heterocycles. The molecule has 0 saturated carbocycles. The zero-order valence-corrected chi connectivity index (χ0v) is 16.0. The van der Waals surface area contributed by atoms with Gasteiger partial charge in [-0.2, -0.15) is 0 Å². The van der Waals surface area contributed by atoms with E-state index in [2.05, 4.69) is 40.5 Å². The second-order valence-corrected chi connectivity index (χ2v) is 8.13. The Morgan fingerprint density at radius 2 is 1.92 bits per heavy atom. The number of ketones is 1. The molecule has 1 aliphatic heterocycles. The Hall–Kier alpha value is -2.27. The van der Waals surface area contributed by atoms with Crippen molar-refractivity contribution in [2.75, 3.05) is 37.6 Å². The van der Waals surface area contributed by atoms with Crippen LogP contribution in [0.1, 0.15) is 43.2 Å². The fourth-order valence-electron chi connectivity index (χ4n) is 3.40. The van der Waals surface area contributed by atoms with Gasteiger partial charge in [0.25, 0.3) is 0 Å². The van der Waals surface area contributed by atoms with E-state index in [4.69, 9.17) is 0 Å². The van der Waals surface area contributed by atoms with Gasteiger partial charge in [-0.3, -0.25) is 9.78 Å². The predicted molar refractivity (Wildman–Crippen MR) is 105 cm³/mol. The van der Waals surface area contributed by atoms with E-state index in [1.165, 1.54) is 0 Å². The number of rotatable bonds is 4. The van der Waals surface area contributed by atoms with Crippen molar-refractivity contribution in [3.8, 4) is 0 Å². The molecule has 0 aromatic carbocycles. The molecule has 2 aromatic rings. The van der Waals surface area contributed by atoms with Crippen molar-refractivity contribution in [2.45, 2.75) is 27.2 Å². The summed E-state index contributed by atoms with van der Waals surface area (Å²) >= 11 is 0. The van der Waals surface area contributed by atoms with Crippen molar-refractivity contribution in [2.24, 2.45) is 5.41 Å². The van der Waals surface area contributed by atoms with Crippen LogP contribution in [0.5, 0.6) is 0 Å². The first-order valence-corrected chi connectivity index (χ1v) is 9.31. The molecule has 0 N–H and O–H groups in total. The Morgan fingerprint density at radius 3 is 2.65 bits per heavy atom. The van der Waals surface area contributed by atoms with Crippen LogP contribution < -0.4 is 4.90 Å². The van der Waals surface area contributed by atoms with Crippen LogP contribution in [0.4, 0.5) is 5.82 Å². The van der Waals surface area contributed by atoms with E-state index in [1.54, 1.807) is 30.6 Å². The maximum absolute atomic E-state index is 12.6. The van der Waals surface area contributed by atoms with E-state index in [1.807, 2.05) is 12.1 Å². The van der Waals surface area contributed by atoms with E-state index in [-0.39, 0.29) is 5.78 Å². The lowest BCUT2D eigenvalue weighted by atomic mass is 9.96. The molecular weight excluding hydrogens is 324 g/mol. The Labute approximate surface area is 156 Å². The van der Waals surface area contributed by atoms with Gasteiger partial charge in [-0.05, 0) is 42.6 Å². The van der Waals surface area contributed by atoms with Crippen LogP contribution in [-0.4, -0.2) is 53.4 Å². The molecule has 0 aliphatic carbocycles. The third-order valence-electron chi connectivity index (χ3n) is 4.50. The van der Waals surface area contributed by atoms with Crippen molar-refractivity contribution in [1.82, 2.24) is 14.9 Å². The zero-order valence-electron chi connectivity index (χ0n) is 16.0. The Morgan fingerprint density at radius 1 is 1.08 bits per heavy atom. The summed E-state index contributed by atoms with van der Waals surface area (Å²) in [5.74, 6) is 0.807. The molecule has 0 bridgehead atoms. The van der Waals surface area contributed by atoms with Gasteiger partial charge in [0.1, 0.15) is 11.5 Å². The monoisotopic (exact) mass is 352 g/mol. The second-order valence-electron chi connectivity index (χ2n) is 8.13. The summed E-state index contributed by atoms with van der Waals surface area (Å²) < 4.78 is 0. The number of hydrogen-bond acceptors (Lipinski definition) is 5. The molecule has 2 aromatic heterocycles. The fraction of sp³-hybridized carbons (Fsp3) is 0.476. The van der Waals surface area contributed by atoms with Crippen molar-refractivity contribution < 1.29 is 4.79 Å². The largest absolute Gasteiger partial charge is 0.355 e. The van der Waals surface area contributed by atoms with Crippen LogP contribution in [0.25, 0.3) is 0 Å². The molecule has 1 aliphatic rings. The Bertz CT molecular complexity index is 739. The first-order chi connectivity index (χ1) is 12.4. The Balaban J connectivity index is 1.71. The number of hydrogen-bond donors (Lipinski definition) is 0. The number of nitrogens with zero attached hydrogens (tertiary/aromatic N) is 4. The summed E-state index contributed by atoms with van der Waals surface area (Å²) in [6.45, 7) is 12.0. The highest BCUT2D eigenvalue weighted by Crippen LogP contribution is 2.19. The van der Waals surface area contributed by atoms with Crippen molar-refractivity contribution in [3.05, 3.63) is 54.0 Å². The van der Waals surface area contributed by atoms with E-state index < -0.39 is 0 Å². The molecule has 3 heterocycles. The molecule has 5 nitrogen and oxygen atoms in total. The molecule has 0 atom stereocenters. The maximum atomic E-state index is 12.6.